The number of aromatic nitrogens is 1. The SMILES string of the molecule is O=C(CNC(=O)c1ccc(Cl)cc1)Nc1nc(CCl)cs1. The number of hydrogen-bond acceptors (Lipinski definition) is 4. The highest BCUT2D eigenvalue weighted by atomic mass is 35.5. The zero-order valence-corrected chi connectivity index (χ0v) is 13.1. The number of nitrogens with one attached hydrogen (secondary N) is 2. The lowest BCUT2D eigenvalue weighted by Crippen LogP contribution is -2.32. The summed E-state index contributed by atoms with van der Waals surface area (Å²) in [7, 11) is 0. The van der Waals surface area contributed by atoms with Gasteiger partial charge in [-0.15, -0.1) is 22.9 Å². The van der Waals surface area contributed by atoms with E-state index in [0.29, 0.717) is 27.3 Å². The summed E-state index contributed by atoms with van der Waals surface area (Å²) in [6.07, 6.45) is 0. The van der Waals surface area contributed by atoms with Crippen LogP contribution in [0.25, 0.3) is 0 Å². The number of benzene rings is 1. The van der Waals surface area contributed by atoms with Crippen LogP contribution in [0.15, 0.2) is 29.6 Å². The Morgan fingerprint density at radius 1 is 1.24 bits per heavy atom. The van der Waals surface area contributed by atoms with Crippen LogP contribution in [-0.2, 0) is 10.7 Å². The number of carbonyl (C=O) groups excluding carboxylic acids is 2. The van der Waals surface area contributed by atoms with Crippen LogP contribution in [0.2, 0.25) is 5.02 Å². The third-order valence-electron chi connectivity index (χ3n) is 2.45. The molecular formula is C13H11Cl2N3O2S. The molecule has 0 fully saturated rings. The molecular weight excluding hydrogens is 333 g/mol. The smallest absolute Gasteiger partial charge is 0.251 e. The van der Waals surface area contributed by atoms with Gasteiger partial charge >= 0.3 is 0 Å². The fraction of sp³-hybridized carbons (Fsp3) is 0.154. The standard InChI is InChI=1S/C13H11Cl2N3O2S/c14-5-10-7-21-13(17-10)18-11(19)6-16-12(20)8-1-3-9(15)4-2-8/h1-4,7H,5-6H2,(H,16,20)(H,17,18,19). The topological polar surface area (TPSA) is 71.1 Å². The number of amides is 2. The second-order valence-corrected chi connectivity index (χ2v) is 5.58. The Morgan fingerprint density at radius 2 is 1.95 bits per heavy atom. The van der Waals surface area contributed by atoms with Crippen LogP contribution in [0.3, 0.4) is 0 Å². The van der Waals surface area contributed by atoms with E-state index in [1.807, 2.05) is 0 Å². The average molecular weight is 344 g/mol. The Labute approximate surface area is 135 Å². The van der Waals surface area contributed by atoms with Crippen molar-refractivity contribution in [1.82, 2.24) is 10.3 Å². The van der Waals surface area contributed by atoms with Gasteiger partial charge in [0, 0.05) is 16.0 Å². The van der Waals surface area contributed by atoms with Gasteiger partial charge in [-0.2, -0.15) is 0 Å². The molecule has 2 amide bonds. The van der Waals surface area contributed by atoms with Gasteiger partial charge in [0.05, 0.1) is 18.1 Å². The summed E-state index contributed by atoms with van der Waals surface area (Å²) in [5.41, 5.74) is 1.13. The molecule has 110 valence electrons. The molecule has 0 unspecified atom stereocenters. The van der Waals surface area contributed by atoms with Crippen LogP contribution in [0.4, 0.5) is 5.13 Å². The molecule has 2 rings (SSSR count). The lowest BCUT2D eigenvalue weighted by molar-refractivity contribution is -0.115. The van der Waals surface area contributed by atoms with Crippen molar-refractivity contribution in [3.8, 4) is 0 Å². The van der Waals surface area contributed by atoms with E-state index < -0.39 is 0 Å². The molecule has 0 bridgehead atoms. The number of rotatable bonds is 5. The summed E-state index contributed by atoms with van der Waals surface area (Å²) < 4.78 is 0. The highest BCUT2D eigenvalue weighted by molar-refractivity contribution is 7.14. The van der Waals surface area contributed by atoms with Crippen molar-refractivity contribution < 1.29 is 9.59 Å². The van der Waals surface area contributed by atoms with Crippen molar-refractivity contribution in [2.45, 2.75) is 5.88 Å². The van der Waals surface area contributed by atoms with Crippen LogP contribution in [-0.4, -0.2) is 23.3 Å². The van der Waals surface area contributed by atoms with Crippen LogP contribution >= 0.6 is 34.5 Å². The van der Waals surface area contributed by atoms with Crippen LogP contribution in [0.5, 0.6) is 0 Å². The first-order valence-corrected chi connectivity index (χ1v) is 7.71. The first-order chi connectivity index (χ1) is 10.1. The molecule has 5 nitrogen and oxygen atoms in total. The Morgan fingerprint density at radius 3 is 2.57 bits per heavy atom. The maximum Gasteiger partial charge on any atom is 0.251 e. The number of alkyl halides is 1. The fourth-order valence-electron chi connectivity index (χ4n) is 1.45. The summed E-state index contributed by atoms with van der Waals surface area (Å²) in [6.45, 7) is -0.142. The first-order valence-electron chi connectivity index (χ1n) is 5.92. The normalized spacial score (nSPS) is 10.2. The molecule has 0 saturated carbocycles. The van der Waals surface area contributed by atoms with Crippen molar-refractivity contribution in [2.75, 3.05) is 11.9 Å². The summed E-state index contributed by atoms with van der Waals surface area (Å²) >= 11 is 12.6. The maximum atomic E-state index is 11.8. The van der Waals surface area contributed by atoms with Crippen molar-refractivity contribution in [3.05, 3.63) is 45.9 Å². The van der Waals surface area contributed by atoms with Gasteiger partial charge in [-0.3, -0.25) is 9.59 Å². The second-order valence-electron chi connectivity index (χ2n) is 4.02. The van der Waals surface area contributed by atoms with Gasteiger partial charge in [-0.1, -0.05) is 11.6 Å². The fourth-order valence-corrected chi connectivity index (χ4v) is 2.53. The Kier molecular flexibility index (Phi) is 5.55. The van der Waals surface area contributed by atoms with Gasteiger partial charge < -0.3 is 10.6 Å². The molecule has 0 spiro atoms. The van der Waals surface area contributed by atoms with Gasteiger partial charge in [-0.05, 0) is 24.3 Å². The van der Waals surface area contributed by atoms with Gasteiger partial charge in [0.2, 0.25) is 5.91 Å². The van der Waals surface area contributed by atoms with Gasteiger partial charge in [0.1, 0.15) is 0 Å². The summed E-state index contributed by atoms with van der Waals surface area (Å²) in [5, 5.41) is 7.86. The molecule has 0 aliphatic carbocycles. The number of thiazole rings is 1. The van der Waals surface area contributed by atoms with E-state index >= 15 is 0 Å². The highest BCUT2D eigenvalue weighted by Crippen LogP contribution is 2.16. The third-order valence-corrected chi connectivity index (χ3v) is 3.78. The lowest BCUT2D eigenvalue weighted by atomic mass is 10.2. The minimum Gasteiger partial charge on any atom is -0.343 e. The van der Waals surface area contributed by atoms with E-state index in [1.165, 1.54) is 11.3 Å². The summed E-state index contributed by atoms with van der Waals surface area (Å²) in [5.74, 6) is -0.408. The second kappa shape index (κ2) is 7.40. The molecule has 0 aliphatic heterocycles. The predicted octanol–water partition coefficient (Wildman–Crippen LogP) is 2.90. The molecule has 8 heteroatoms. The van der Waals surface area contributed by atoms with Crippen LogP contribution < -0.4 is 10.6 Å². The molecule has 1 aromatic heterocycles. The first kappa shape index (κ1) is 15.8. The molecule has 1 aromatic carbocycles. The van der Waals surface area contributed by atoms with Crippen LogP contribution in [0.1, 0.15) is 16.1 Å². The van der Waals surface area contributed by atoms with Crippen molar-refractivity contribution >= 4 is 51.5 Å². The predicted molar refractivity (Wildman–Crippen MR) is 84.1 cm³/mol. The van der Waals surface area contributed by atoms with E-state index in [9.17, 15) is 9.59 Å². The number of halogens is 2. The number of carbonyl (C=O) groups is 2. The van der Waals surface area contributed by atoms with Crippen molar-refractivity contribution in [2.24, 2.45) is 0 Å². The third kappa shape index (κ3) is 4.70. The van der Waals surface area contributed by atoms with Crippen molar-refractivity contribution in [1.29, 1.82) is 0 Å². The number of hydrogen-bond donors (Lipinski definition) is 2. The maximum absolute atomic E-state index is 11.8. The summed E-state index contributed by atoms with van der Waals surface area (Å²) in [6, 6.07) is 6.39. The Bertz CT molecular complexity index is 643. The zero-order valence-electron chi connectivity index (χ0n) is 10.7. The minimum atomic E-state index is -0.354. The Balaban J connectivity index is 1.83. The van der Waals surface area contributed by atoms with Gasteiger partial charge in [0.15, 0.2) is 5.13 Å². The zero-order chi connectivity index (χ0) is 15.2. The van der Waals surface area contributed by atoms with E-state index in [4.69, 9.17) is 23.2 Å². The molecule has 21 heavy (non-hydrogen) atoms. The quantitative estimate of drug-likeness (QED) is 0.820. The van der Waals surface area contributed by atoms with Crippen molar-refractivity contribution in [3.63, 3.8) is 0 Å². The van der Waals surface area contributed by atoms with Gasteiger partial charge in [0.25, 0.3) is 5.91 Å². The largest absolute Gasteiger partial charge is 0.343 e. The number of nitrogens with zero attached hydrogens (tertiary/aromatic N) is 1. The van der Waals surface area contributed by atoms with E-state index in [1.54, 1.807) is 29.6 Å². The lowest BCUT2D eigenvalue weighted by Gasteiger charge is -2.05. The van der Waals surface area contributed by atoms with Gasteiger partial charge in [-0.25, -0.2) is 4.98 Å². The average Bonchev–Trinajstić information content (AvgIpc) is 2.93. The highest BCUT2D eigenvalue weighted by Gasteiger charge is 2.09. The molecule has 0 saturated heterocycles. The van der Waals surface area contributed by atoms with E-state index in [2.05, 4.69) is 15.6 Å². The molecule has 1 heterocycles. The number of anilines is 1. The molecule has 0 radical (unpaired) electrons. The minimum absolute atomic E-state index is 0.142. The molecule has 2 aromatic rings. The molecule has 0 atom stereocenters. The van der Waals surface area contributed by atoms with E-state index in [-0.39, 0.29) is 18.4 Å². The molecule has 0 aliphatic rings. The molecule has 2 N–H and O–H groups in total. The Hall–Kier alpha value is -1.63. The summed E-state index contributed by atoms with van der Waals surface area (Å²) in [4.78, 5) is 27.6. The van der Waals surface area contributed by atoms with E-state index in [0.717, 1.165) is 0 Å². The monoisotopic (exact) mass is 343 g/mol. The van der Waals surface area contributed by atoms with Crippen LogP contribution in [0, 0.1) is 0 Å².